The molecule has 4 nitrogen and oxygen atoms in total. The lowest BCUT2D eigenvalue weighted by atomic mass is 10.1. The number of nitrogens with zero attached hydrogens (tertiary/aromatic N) is 1. The molecule has 0 amide bonds. The highest BCUT2D eigenvalue weighted by molar-refractivity contribution is 6.30. The summed E-state index contributed by atoms with van der Waals surface area (Å²) in [7, 11) is 0. The Hall–Kier alpha value is -2.51. The molecule has 0 saturated heterocycles. The zero-order valence-electron chi connectivity index (χ0n) is 11.0. The summed E-state index contributed by atoms with van der Waals surface area (Å²) in [6.07, 6.45) is -0.00594. The van der Waals surface area contributed by atoms with Gasteiger partial charge in [-0.15, -0.1) is 0 Å². The Balaban J connectivity index is 2.05. The molecule has 0 radical (unpaired) electrons. The van der Waals surface area contributed by atoms with E-state index < -0.39 is 5.97 Å². The molecule has 2 rings (SSSR count). The van der Waals surface area contributed by atoms with E-state index in [4.69, 9.17) is 26.7 Å². The van der Waals surface area contributed by atoms with Crippen molar-refractivity contribution in [2.24, 2.45) is 0 Å². The van der Waals surface area contributed by atoms with Crippen molar-refractivity contribution in [1.82, 2.24) is 0 Å². The van der Waals surface area contributed by atoms with Gasteiger partial charge in [0.15, 0.2) is 0 Å². The van der Waals surface area contributed by atoms with Crippen molar-refractivity contribution in [3.63, 3.8) is 0 Å². The topological polar surface area (TPSA) is 70.3 Å². The lowest BCUT2D eigenvalue weighted by Gasteiger charge is -2.08. The molecule has 0 bridgehead atoms. The minimum Gasteiger partial charge on any atom is -0.487 e. The number of carboxylic acid groups (broad SMARTS) is 1. The quantitative estimate of drug-likeness (QED) is 0.918. The van der Waals surface area contributed by atoms with Crippen LogP contribution in [0, 0.1) is 11.3 Å². The third kappa shape index (κ3) is 4.23. The summed E-state index contributed by atoms with van der Waals surface area (Å²) < 4.78 is 5.59. The zero-order valence-corrected chi connectivity index (χ0v) is 11.8. The van der Waals surface area contributed by atoms with Crippen LogP contribution in [-0.2, 0) is 17.8 Å². The van der Waals surface area contributed by atoms with Gasteiger partial charge in [0.05, 0.1) is 12.0 Å². The van der Waals surface area contributed by atoms with Gasteiger partial charge < -0.3 is 9.84 Å². The van der Waals surface area contributed by atoms with Gasteiger partial charge in [0.25, 0.3) is 0 Å². The molecule has 2 aromatic rings. The molecule has 0 fully saturated rings. The minimum absolute atomic E-state index is 0.00594. The molecule has 0 aliphatic heterocycles. The molecule has 0 aromatic heterocycles. The first kappa shape index (κ1) is 14.9. The number of rotatable bonds is 5. The Morgan fingerprint density at radius 2 is 1.86 bits per heavy atom. The van der Waals surface area contributed by atoms with Crippen molar-refractivity contribution in [2.75, 3.05) is 0 Å². The molecule has 0 aliphatic carbocycles. The van der Waals surface area contributed by atoms with E-state index in [1.807, 2.05) is 6.07 Å². The summed E-state index contributed by atoms with van der Waals surface area (Å²) in [6, 6.07) is 14.0. The van der Waals surface area contributed by atoms with Crippen LogP contribution >= 0.6 is 11.6 Å². The predicted octanol–water partition coefficient (Wildman–Crippen LogP) is 3.42. The number of hydrogen-bond donors (Lipinski definition) is 1. The molecule has 21 heavy (non-hydrogen) atoms. The number of nitriles is 1. The van der Waals surface area contributed by atoms with Crippen LogP contribution in [0.2, 0.25) is 5.02 Å². The smallest absolute Gasteiger partial charge is 0.307 e. The standard InChI is InChI=1S/C16H12ClNO3/c17-14-6-5-13(9-18)15(8-14)21-10-12-3-1-11(2-4-12)7-16(19)20/h1-6,8H,7,10H2,(H,19,20). The molecule has 1 N–H and O–H groups in total. The maximum absolute atomic E-state index is 10.6. The van der Waals surface area contributed by atoms with Gasteiger partial charge >= 0.3 is 5.97 Å². The fourth-order valence-electron chi connectivity index (χ4n) is 1.80. The highest BCUT2D eigenvalue weighted by Gasteiger charge is 2.05. The molecule has 0 saturated carbocycles. The van der Waals surface area contributed by atoms with Crippen molar-refractivity contribution in [1.29, 1.82) is 5.26 Å². The maximum Gasteiger partial charge on any atom is 0.307 e. The van der Waals surface area contributed by atoms with Crippen molar-refractivity contribution in [3.8, 4) is 11.8 Å². The summed E-state index contributed by atoms with van der Waals surface area (Å²) >= 11 is 5.88. The summed E-state index contributed by atoms with van der Waals surface area (Å²) in [4.78, 5) is 10.6. The van der Waals surface area contributed by atoms with E-state index in [0.29, 0.717) is 16.3 Å². The zero-order chi connectivity index (χ0) is 15.2. The van der Waals surface area contributed by atoms with Gasteiger partial charge in [-0.3, -0.25) is 4.79 Å². The highest BCUT2D eigenvalue weighted by Crippen LogP contribution is 2.23. The minimum atomic E-state index is -0.864. The molecule has 0 unspecified atom stereocenters. The first-order valence-electron chi connectivity index (χ1n) is 6.20. The average Bonchev–Trinajstić information content (AvgIpc) is 2.46. The van der Waals surface area contributed by atoms with Gasteiger partial charge in [0, 0.05) is 11.1 Å². The average molecular weight is 302 g/mol. The predicted molar refractivity (Wildman–Crippen MR) is 78.3 cm³/mol. The van der Waals surface area contributed by atoms with Gasteiger partial charge in [0.2, 0.25) is 0 Å². The summed E-state index contributed by atoms with van der Waals surface area (Å²) in [5, 5.41) is 18.2. The number of ether oxygens (including phenoxy) is 1. The van der Waals surface area contributed by atoms with Crippen molar-refractivity contribution < 1.29 is 14.6 Å². The Bertz CT molecular complexity index is 690. The van der Waals surface area contributed by atoms with Crippen molar-refractivity contribution >= 4 is 17.6 Å². The van der Waals surface area contributed by atoms with E-state index in [9.17, 15) is 4.79 Å². The fraction of sp³-hybridized carbons (Fsp3) is 0.125. The SMILES string of the molecule is N#Cc1ccc(Cl)cc1OCc1ccc(CC(=O)O)cc1. The molecule has 0 atom stereocenters. The van der Waals surface area contributed by atoms with Gasteiger partial charge in [0.1, 0.15) is 18.4 Å². The van der Waals surface area contributed by atoms with E-state index in [1.54, 1.807) is 42.5 Å². The first-order chi connectivity index (χ1) is 10.1. The maximum atomic E-state index is 10.6. The van der Waals surface area contributed by atoms with Crippen LogP contribution in [0.5, 0.6) is 5.75 Å². The normalized spacial score (nSPS) is 9.90. The number of halogens is 1. The van der Waals surface area contributed by atoms with Crippen LogP contribution in [-0.4, -0.2) is 11.1 Å². The van der Waals surface area contributed by atoms with E-state index in [2.05, 4.69) is 0 Å². The second kappa shape index (κ2) is 6.78. The third-order valence-electron chi connectivity index (χ3n) is 2.84. The molecular formula is C16H12ClNO3. The molecule has 0 heterocycles. The Kier molecular flexibility index (Phi) is 4.81. The molecule has 5 heteroatoms. The monoisotopic (exact) mass is 301 g/mol. The molecule has 2 aromatic carbocycles. The summed E-state index contributed by atoms with van der Waals surface area (Å²) in [5.41, 5.74) is 2.03. The Labute approximate surface area is 127 Å². The molecule has 0 spiro atoms. The lowest BCUT2D eigenvalue weighted by Crippen LogP contribution is -2.01. The second-order valence-electron chi connectivity index (χ2n) is 4.43. The fourth-order valence-corrected chi connectivity index (χ4v) is 1.96. The largest absolute Gasteiger partial charge is 0.487 e. The van der Waals surface area contributed by atoms with Crippen LogP contribution in [0.4, 0.5) is 0 Å². The molecule has 0 aliphatic rings. The van der Waals surface area contributed by atoms with E-state index in [-0.39, 0.29) is 13.0 Å². The second-order valence-corrected chi connectivity index (χ2v) is 4.86. The van der Waals surface area contributed by atoms with Gasteiger partial charge in [-0.2, -0.15) is 5.26 Å². The van der Waals surface area contributed by atoms with E-state index >= 15 is 0 Å². The van der Waals surface area contributed by atoms with Crippen LogP contribution in [0.3, 0.4) is 0 Å². The van der Waals surface area contributed by atoms with Gasteiger partial charge in [-0.25, -0.2) is 0 Å². The number of carboxylic acids is 1. The van der Waals surface area contributed by atoms with Crippen LogP contribution < -0.4 is 4.74 Å². The number of hydrogen-bond acceptors (Lipinski definition) is 3. The number of aliphatic carboxylic acids is 1. The number of carbonyl (C=O) groups is 1. The van der Waals surface area contributed by atoms with E-state index in [0.717, 1.165) is 11.1 Å². The van der Waals surface area contributed by atoms with Crippen molar-refractivity contribution in [2.45, 2.75) is 13.0 Å². The Morgan fingerprint density at radius 3 is 2.48 bits per heavy atom. The summed E-state index contributed by atoms with van der Waals surface area (Å²) in [5.74, 6) is -0.434. The van der Waals surface area contributed by atoms with Gasteiger partial charge in [-0.1, -0.05) is 35.9 Å². The third-order valence-corrected chi connectivity index (χ3v) is 3.07. The van der Waals surface area contributed by atoms with Gasteiger partial charge in [-0.05, 0) is 23.3 Å². The van der Waals surface area contributed by atoms with Crippen LogP contribution in [0.25, 0.3) is 0 Å². The summed E-state index contributed by atoms with van der Waals surface area (Å²) in [6.45, 7) is 0.280. The first-order valence-corrected chi connectivity index (χ1v) is 6.58. The van der Waals surface area contributed by atoms with Crippen molar-refractivity contribution in [3.05, 3.63) is 64.2 Å². The highest BCUT2D eigenvalue weighted by atomic mass is 35.5. The Morgan fingerprint density at radius 1 is 1.19 bits per heavy atom. The van der Waals surface area contributed by atoms with E-state index in [1.165, 1.54) is 0 Å². The molecule has 106 valence electrons. The van der Waals surface area contributed by atoms with Crippen LogP contribution in [0.15, 0.2) is 42.5 Å². The molecular weight excluding hydrogens is 290 g/mol. The lowest BCUT2D eigenvalue weighted by molar-refractivity contribution is -0.136. The van der Waals surface area contributed by atoms with Crippen LogP contribution in [0.1, 0.15) is 16.7 Å². The number of benzene rings is 2.